The molecule has 0 radical (unpaired) electrons. The second-order valence-electron chi connectivity index (χ2n) is 7.53. The fraction of sp³-hybridized carbons (Fsp3) is 0.261. The second-order valence-corrected chi connectivity index (χ2v) is 7.53. The van der Waals surface area contributed by atoms with Gasteiger partial charge in [-0.1, -0.05) is 6.07 Å². The van der Waals surface area contributed by atoms with Crippen LogP contribution in [0.25, 0.3) is 6.08 Å². The van der Waals surface area contributed by atoms with Gasteiger partial charge in [-0.15, -0.1) is 0 Å². The van der Waals surface area contributed by atoms with Crippen LogP contribution in [0.3, 0.4) is 0 Å². The predicted octanol–water partition coefficient (Wildman–Crippen LogP) is 3.79. The van der Waals surface area contributed by atoms with Crippen LogP contribution in [0.15, 0.2) is 48.0 Å². The highest BCUT2D eigenvalue weighted by Crippen LogP contribution is 2.27. The average molecular weight is 407 g/mol. The van der Waals surface area contributed by atoms with Gasteiger partial charge in [0, 0.05) is 18.8 Å². The van der Waals surface area contributed by atoms with Crippen LogP contribution in [0, 0.1) is 12.7 Å². The number of hydrogen-bond donors (Lipinski definition) is 1. The molecule has 2 aliphatic rings. The Balaban J connectivity index is 1.64. The maximum absolute atomic E-state index is 13.2. The van der Waals surface area contributed by atoms with Gasteiger partial charge < -0.3 is 4.90 Å². The van der Waals surface area contributed by atoms with Crippen molar-refractivity contribution in [3.8, 4) is 0 Å². The Morgan fingerprint density at radius 3 is 2.33 bits per heavy atom. The van der Waals surface area contributed by atoms with Gasteiger partial charge in [-0.3, -0.25) is 14.9 Å². The number of anilines is 2. The van der Waals surface area contributed by atoms with Crippen LogP contribution in [0.1, 0.15) is 30.4 Å². The summed E-state index contributed by atoms with van der Waals surface area (Å²) in [5, 5.41) is 2.18. The number of hydrogen-bond acceptors (Lipinski definition) is 4. The molecule has 0 atom stereocenters. The fourth-order valence-electron chi connectivity index (χ4n) is 3.91. The lowest BCUT2D eigenvalue weighted by molar-refractivity contribution is -0.122. The zero-order chi connectivity index (χ0) is 21.3. The van der Waals surface area contributed by atoms with E-state index in [1.54, 1.807) is 0 Å². The van der Waals surface area contributed by atoms with Crippen LogP contribution in [0.4, 0.5) is 20.6 Å². The lowest BCUT2D eigenvalue weighted by Gasteiger charge is -2.30. The number of aryl methyl sites for hydroxylation is 1. The summed E-state index contributed by atoms with van der Waals surface area (Å²) in [4.78, 5) is 40.6. The quantitative estimate of drug-likeness (QED) is 0.621. The zero-order valence-corrected chi connectivity index (χ0v) is 16.7. The van der Waals surface area contributed by atoms with E-state index in [0.29, 0.717) is 5.56 Å². The van der Waals surface area contributed by atoms with E-state index in [4.69, 9.17) is 0 Å². The highest BCUT2D eigenvalue weighted by atomic mass is 19.1. The minimum atomic E-state index is -0.856. The molecule has 7 heteroatoms. The molecule has 2 aliphatic heterocycles. The highest BCUT2D eigenvalue weighted by molar-refractivity contribution is 6.39. The Labute approximate surface area is 174 Å². The summed E-state index contributed by atoms with van der Waals surface area (Å²) in [6.07, 6.45) is 5.08. The molecular formula is C23H22FN3O3. The number of nitrogens with zero attached hydrogens (tertiary/aromatic N) is 2. The molecule has 2 heterocycles. The van der Waals surface area contributed by atoms with Gasteiger partial charge in [0.1, 0.15) is 11.4 Å². The third-order valence-corrected chi connectivity index (χ3v) is 5.42. The molecule has 2 fully saturated rings. The molecule has 0 saturated carbocycles. The molecular weight excluding hydrogens is 385 g/mol. The topological polar surface area (TPSA) is 69.7 Å². The molecule has 1 N–H and O–H groups in total. The summed E-state index contributed by atoms with van der Waals surface area (Å²) in [5.41, 5.74) is 2.94. The fourth-order valence-corrected chi connectivity index (χ4v) is 3.91. The third-order valence-electron chi connectivity index (χ3n) is 5.42. The van der Waals surface area contributed by atoms with Crippen LogP contribution >= 0.6 is 0 Å². The van der Waals surface area contributed by atoms with Gasteiger partial charge in [-0.25, -0.2) is 14.1 Å². The monoisotopic (exact) mass is 407 g/mol. The summed E-state index contributed by atoms with van der Waals surface area (Å²) in [7, 11) is 0. The number of carbonyl (C=O) groups excluding carboxylic acids is 3. The van der Waals surface area contributed by atoms with Gasteiger partial charge in [-0.05, 0) is 79.8 Å². The van der Waals surface area contributed by atoms with Crippen LogP contribution in [-0.2, 0) is 9.59 Å². The number of carbonyl (C=O) groups is 3. The Kier molecular flexibility index (Phi) is 5.35. The van der Waals surface area contributed by atoms with E-state index < -0.39 is 23.7 Å². The normalized spacial score (nSPS) is 18.7. The van der Waals surface area contributed by atoms with Gasteiger partial charge in [0.2, 0.25) is 0 Å². The van der Waals surface area contributed by atoms with E-state index in [1.807, 2.05) is 25.1 Å². The number of nitrogens with one attached hydrogen (secondary N) is 1. The van der Waals surface area contributed by atoms with Crippen molar-refractivity contribution in [3.05, 3.63) is 65.0 Å². The summed E-state index contributed by atoms with van der Waals surface area (Å²) < 4.78 is 13.2. The summed E-state index contributed by atoms with van der Waals surface area (Å²) in [5.74, 6) is -1.98. The van der Waals surface area contributed by atoms with Crippen LogP contribution in [-0.4, -0.2) is 30.9 Å². The summed E-state index contributed by atoms with van der Waals surface area (Å²) in [6.45, 7) is 4.05. The first kappa shape index (κ1) is 19.8. The SMILES string of the molecule is Cc1cc(/C=C2\C(=O)NC(=O)N(c3ccc(F)cc3)C2=O)ccc1N1CCCCC1. The van der Waals surface area contributed by atoms with Crippen LogP contribution < -0.4 is 15.1 Å². The highest BCUT2D eigenvalue weighted by Gasteiger charge is 2.36. The van der Waals surface area contributed by atoms with Gasteiger partial charge >= 0.3 is 6.03 Å². The van der Waals surface area contributed by atoms with Gasteiger partial charge in [0.15, 0.2) is 0 Å². The molecule has 2 aromatic rings. The first-order valence-electron chi connectivity index (χ1n) is 9.96. The minimum absolute atomic E-state index is 0.149. The third kappa shape index (κ3) is 3.83. The number of imide groups is 2. The minimum Gasteiger partial charge on any atom is -0.371 e. The number of benzene rings is 2. The van der Waals surface area contributed by atoms with Crippen molar-refractivity contribution >= 4 is 35.3 Å². The van der Waals surface area contributed by atoms with Crippen molar-refractivity contribution in [1.29, 1.82) is 0 Å². The molecule has 6 nitrogen and oxygen atoms in total. The molecule has 0 unspecified atom stereocenters. The van der Waals surface area contributed by atoms with Gasteiger partial charge in [0.25, 0.3) is 11.8 Å². The second kappa shape index (κ2) is 8.10. The largest absolute Gasteiger partial charge is 0.371 e. The predicted molar refractivity (Wildman–Crippen MR) is 113 cm³/mol. The molecule has 4 amide bonds. The number of amides is 4. The lowest BCUT2D eigenvalue weighted by Crippen LogP contribution is -2.54. The van der Waals surface area contributed by atoms with Crippen molar-refractivity contribution in [2.45, 2.75) is 26.2 Å². The number of barbiturate groups is 1. The molecule has 30 heavy (non-hydrogen) atoms. The zero-order valence-electron chi connectivity index (χ0n) is 16.7. The number of rotatable bonds is 3. The van der Waals surface area contributed by atoms with E-state index in [1.165, 1.54) is 37.5 Å². The molecule has 0 aliphatic carbocycles. The van der Waals surface area contributed by atoms with E-state index >= 15 is 0 Å². The Bertz CT molecular complexity index is 1040. The molecule has 2 saturated heterocycles. The van der Waals surface area contributed by atoms with Crippen molar-refractivity contribution in [1.82, 2.24) is 5.32 Å². The molecule has 154 valence electrons. The van der Waals surface area contributed by atoms with Crippen molar-refractivity contribution < 1.29 is 18.8 Å². The van der Waals surface area contributed by atoms with E-state index in [2.05, 4.69) is 10.2 Å². The first-order valence-corrected chi connectivity index (χ1v) is 9.96. The average Bonchev–Trinajstić information content (AvgIpc) is 2.73. The van der Waals surface area contributed by atoms with E-state index in [0.717, 1.165) is 41.4 Å². The Morgan fingerprint density at radius 1 is 0.967 bits per heavy atom. The lowest BCUT2D eigenvalue weighted by atomic mass is 10.0. The Morgan fingerprint density at radius 2 is 1.67 bits per heavy atom. The van der Waals surface area contributed by atoms with Gasteiger partial charge in [-0.2, -0.15) is 0 Å². The van der Waals surface area contributed by atoms with Crippen molar-refractivity contribution in [2.24, 2.45) is 0 Å². The van der Waals surface area contributed by atoms with E-state index in [-0.39, 0.29) is 11.3 Å². The molecule has 2 aromatic carbocycles. The molecule has 0 spiro atoms. The maximum atomic E-state index is 13.2. The Hall–Kier alpha value is -3.48. The van der Waals surface area contributed by atoms with Crippen LogP contribution in [0.5, 0.6) is 0 Å². The van der Waals surface area contributed by atoms with Gasteiger partial charge in [0.05, 0.1) is 5.69 Å². The van der Waals surface area contributed by atoms with Crippen LogP contribution in [0.2, 0.25) is 0 Å². The standard InChI is InChI=1S/C23H22FN3O3/c1-15-13-16(5-10-20(15)26-11-3-2-4-12-26)14-19-21(28)25-23(30)27(22(19)29)18-8-6-17(24)7-9-18/h5-10,13-14H,2-4,11-12H2,1H3,(H,25,28,30)/b19-14+. The first-order chi connectivity index (χ1) is 14.4. The smallest absolute Gasteiger partial charge is 0.335 e. The molecule has 4 rings (SSSR count). The maximum Gasteiger partial charge on any atom is 0.335 e. The van der Waals surface area contributed by atoms with E-state index in [9.17, 15) is 18.8 Å². The number of urea groups is 1. The number of halogens is 1. The summed E-state index contributed by atoms with van der Waals surface area (Å²) in [6, 6.07) is 9.87. The van der Waals surface area contributed by atoms with Crippen molar-refractivity contribution in [3.63, 3.8) is 0 Å². The number of piperidine rings is 1. The molecule has 0 bridgehead atoms. The van der Waals surface area contributed by atoms with Crippen molar-refractivity contribution in [2.75, 3.05) is 22.9 Å². The summed E-state index contributed by atoms with van der Waals surface area (Å²) >= 11 is 0. The molecule has 0 aromatic heterocycles.